The molecule has 11 heteroatoms. The Morgan fingerprint density at radius 2 is 1.05 bits per heavy atom. The third-order valence-corrected chi connectivity index (χ3v) is 8.76. The summed E-state index contributed by atoms with van der Waals surface area (Å²) < 4.78 is -0.192. The summed E-state index contributed by atoms with van der Waals surface area (Å²) in [5, 5.41) is 0. The van der Waals surface area contributed by atoms with Gasteiger partial charge in [-0.05, 0) is 62.3 Å². The maximum Gasteiger partial charge on any atom is 0.267 e. The summed E-state index contributed by atoms with van der Waals surface area (Å²) >= 11 is 6.77. The fourth-order valence-electron chi connectivity index (χ4n) is 5.64. The van der Waals surface area contributed by atoms with Gasteiger partial charge in [0.15, 0.2) is 0 Å². The molecule has 0 radical (unpaired) electrons. The Balaban J connectivity index is 0.000000159. The molecule has 0 aliphatic carbocycles. The van der Waals surface area contributed by atoms with Crippen LogP contribution in [0.2, 0.25) is 0 Å². The third kappa shape index (κ3) is 5.62. The van der Waals surface area contributed by atoms with E-state index in [0.29, 0.717) is 33.9 Å². The molecule has 1 fully saturated rings. The van der Waals surface area contributed by atoms with Crippen LogP contribution in [0, 0.1) is 0 Å². The van der Waals surface area contributed by atoms with E-state index < -0.39 is 0 Å². The minimum Gasteiger partial charge on any atom is -0.299 e. The number of pyridine rings is 2. The molecule has 3 aliphatic heterocycles. The van der Waals surface area contributed by atoms with Crippen molar-refractivity contribution < 1.29 is 19.2 Å². The van der Waals surface area contributed by atoms with E-state index in [-0.39, 0.29) is 27.4 Å². The molecule has 5 heterocycles. The number of nitrogens with zero attached hydrogens (tertiary/aromatic N) is 5. The van der Waals surface area contributed by atoms with Crippen molar-refractivity contribution in [1.29, 1.82) is 0 Å². The predicted octanol–water partition coefficient (Wildman–Crippen LogP) is 6.54. The van der Waals surface area contributed by atoms with Crippen LogP contribution in [-0.4, -0.2) is 51.6 Å². The first-order valence-electron chi connectivity index (χ1n) is 14.2. The van der Waals surface area contributed by atoms with Crippen LogP contribution in [0.1, 0.15) is 75.6 Å². The molecule has 0 saturated carbocycles. The number of benzene rings is 2. The maximum atomic E-state index is 12.7. The van der Waals surface area contributed by atoms with Crippen molar-refractivity contribution in [2.45, 2.75) is 29.5 Å². The topological polar surface area (TPSA) is 104 Å². The number of carbonyl (C=O) groups excluding carboxylic acids is 4. The molecule has 2 aromatic carbocycles. The molecule has 0 unspecified atom stereocenters. The molecule has 1 saturated heterocycles. The second-order valence-corrected chi connectivity index (χ2v) is 13.6. The van der Waals surface area contributed by atoms with Crippen molar-refractivity contribution in [3.8, 4) is 0 Å². The van der Waals surface area contributed by atoms with Gasteiger partial charge in [-0.25, -0.2) is 19.8 Å². The Hall–Kier alpha value is -4.06. The molecule has 7 rings (SSSR count). The minimum atomic E-state index is -0.341. The van der Waals surface area contributed by atoms with Crippen molar-refractivity contribution in [1.82, 2.24) is 14.9 Å². The van der Waals surface area contributed by atoms with Gasteiger partial charge >= 0.3 is 0 Å². The molecule has 4 amide bonds. The van der Waals surface area contributed by atoms with E-state index in [2.05, 4.69) is 46.7 Å². The van der Waals surface area contributed by atoms with Gasteiger partial charge in [-0.3, -0.25) is 24.1 Å². The normalized spacial score (nSPS) is 16.2. The Kier molecular flexibility index (Phi) is 8.79. The van der Waals surface area contributed by atoms with Crippen LogP contribution in [0.15, 0.2) is 85.2 Å². The van der Waals surface area contributed by atoms with Crippen LogP contribution in [0.5, 0.6) is 0 Å². The number of hydrogen-bond acceptors (Lipinski definition) is 7. The van der Waals surface area contributed by atoms with E-state index in [4.69, 9.17) is 0 Å². The van der Waals surface area contributed by atoms with E-state index in [1.165, 1.54) is 24.2 Å². The lowest BCUT2D eigenvalue weighted by Crippen LogP contribution is -2.34. The first kappa shape index (κ1) is 30.0. The molecular formula is C33H27Br2N5O4. The lowest BCUT2D eigenvalue weighted by Gasteiger charge is -2.27. The quantitative estimate of drug-likeness (QED) is 0.171. The highest BCUT2D eigenvalue weighted by molar-refractivity contribution is 9.24. The Labute approximate surface area is 271 Å². The van der Waals surface area contributed by atoms with Gasteiger partial charge in [-0.1, -0.05) is 74.7 Å². The lowest BCUT2D eigenvalue weighted by molar-refractivity contribution is 0.0908. The molecule has 0 bridgehead atoms. The number of piperidine rings is 1. The van der Waals surface area contributed by atoms with Crippen molar-refractivity contribution in [3.63, 3.8) is 0 Å². The van der Waals surface area contributed by atoms with Gasteiger partial charge < -0.3 is 0 Å². The largest absolute Gasteiger partial charge is 0.299 e. The molecule has 0 spiro atoms. The van der Waals surface area contributed by atoms with Crippen molar-refractivity contribution in [2.24, 2.45) is 0 Å². The number of fused-ring (bicyclic) bond motifs is 2. The fourth-order valence-corrected chi connectivity index (χ4v) is 6.36. The first-order chi connectivity index (χ1) is 21.4. The number of likely N-dealkylation sites (tertiary alicyclic amines) is 1. The minimum absolute atomic E-state index is 0.192. The number of carbonyl (C=O) groups is 4. The summed E-state index contributed by atoms with van der Waals surface area (Å²) in [5.74, 6) is -0.437. The van der Waals surface area contributed by atoms with E-state index in [1.54, 1.807) is 73.1 Å². The van der Waals surface area contributed by atoms with E-state index in [0.717, 1.165) is 35.7 Å². The van der Waals surface area contributed by atoms with Crippen LogP contribution >= 0.6 is 31.9 Å². The van der Waals surface area contributed by atoms with Gasteiger partial charge in [0.05, 0.1) is 26.0 Å². The molecule has 222 valence electrons. The molecule has 0 atom stereocenters. The molecule has 4 aromatic rings. The Morgan fingerprint density at radius 3 is 1.55 bits per heavy atom. The summed E-state index contributed by atoms with van der Waals surface area (Å²) in [4.78, 5) is 63.5. The smallest absolute Gasteiger partial charge is 0.267 e. The maximum absolute atomic E-state index is 12.7. The van der Waals surface area contributed by atoms with Crippen LogP contribution in [0.4, 0.5) is 11.6 Å². The molecule has 2 aromatic heterocycles. The second kappa shape index (κ2) is 12.9. The van der Waals surface area contributed by atoms with Gasteiger partial charge in [0.2, 0.25) is 0 Å². The van der Waals surface area contributed by atoms with Crippen LogP contribution in [0.25, 0.3) is 0 Å². The van der Waals surface area contributed by atoms with Crippen molar-refractivity contribution >= 4 is 67.1 Å². The number of halogens is 2. The monoisotopic (exact) mass is 715 g/mol. The SMILES string of the molecule is O=C1c2ccccc2C(=O)N1c1ncccc1C(Br)Br.O=C1c2ccccc2C(=O)N1c1ncccc1CN1CCCCC1. The molecule has 0 N–H and O–H groups in total. The molecular weight excluding hydrogens is 690 g/mol. The summed E-state index contributed by atoms with van der Waals surface area (Å²) in [6, 6.07) is 21.1. The highest BCUT2D eigenvalue weighted by Gasteiger charge is 2.39. The number of hydrogen-bond donors (Lipinski definition) is 0. The molecule has 44 heavy (non-hydrogen) atoms. The van der Waals surface area contributed by atoms with Gasteiger partial charge in [0, 0.05) is 30.1 Å². The van der Waals surface area contributed by atoms with Crippen LogP contribution in [-0.2, 0) is 6.54 Å². The fraction of sp³-hybridized carbons (Fsp3) is 0.212. The number of alkyl halides is 2. The first-order valence-corrected chi connectivity index (χ1v) is 16.0. The van der Waals surface area contributed by atoms with E-state index >= 15 is 0 Å². The number of aromatic nitrogens is 2. The highest BCUT2D eigenvalue weighted by atomic mass is 79.9. The average molecular weight is 717 g/mol. The number of anilines is 2. The standard InChI is InChI=1S/C19H19N3O2.C14H8Br2N2O2/c23-18-15-8-2-3-9-16(15)19(24)22(18)17-14(7-6-10-20-17)13-21-11-4-1-5-12-21;15-11(16)10-6-3-7-17-12(10)18-13(19)8-4-1-2-5-9(8)14(18)20/h2-3,6-10H,1,4-5,11-13H2;1-7,11H. The summed E-state index contributed by atoms with van der Waals surface area (Å²) in [6.45, 7) is 2.82. The van der Waals surface area contributed by atoms with Gasteiger partial charge in [-0.15, -0.1) is 0 Å². The zero-order valence-corrected chi connectivity index (χ0v) is 26.7. The summed E-state index contributed by atoms with van der Waals surface area (Å²) in [7, 11) is 0. The van der Waals surface area contributed by atoms with Gasteiger partial charge in [-0.2, -0.15) is 0 Å². The zero-order valence-electron chi connectivity index (χ0n) is 23.5. The van der Waals surface area contributed by atoms with Gasteiger partial charge in [0.1, 0.15) is 11.6 Å². The molecule has 9 nitrogen and oxygen atoms in total. The average Bonchev–Trinajstić information content (AvgIpc) is 3.46. The Bertz CT molecular complexity index is 1700. The summed E-state index contributed by atoms with van der Waals surface area (Å²) in [5.41, 5.74) is 3.38. The summed E-state index contributed by atoms with van der Waals surface area (Å²) in [6.07, 6.45) is 6.86. The van der Waals surface area contributed by atoms with E-state index in [9.17, 15) is 19.2 Å². The lowest BCUT2D eigenvalue weighted by atomic mass is 10.1. The number of imide groups is 2. The second-order valence-electron chi connectivity index (χ2n) is 10.5. The van der Waals surface area contributed by atoms with Crippen LogP contribution < -0.4 is 9.80 Å². The Morgan fingerprint density at radius 1 is 0.591 bits per heavy atom. The van der Waals surface area contributed by atoms with Crippen LogP contribution in [0.3, 0.4) is 0 Å². The number of amides is 4. The van der Waals surface area contributed by atoms with E-state index in [1.807, 2.05) is 12.1 Å². The zero-order chi connectivity index (χ0) is 30.8. The molecule has 3 aliphatic rings. The predicted molar refractivity (Wildman–Crippen MR) is 173 cm³/mol. The van der Waals surface area contributed by atoms with Gasteiger partial charge in [0.25, 0.3) is 23.6 Å². The third-order valence-electron chi connectivity index (χ3n) is 7.77. The van der Waals surface area contributed by atoms with Crippen molar-refractivity contribution in [2.75, 3.05) is 22.9 Å². The van der Waals surface area contributed by atoms with Crippen molar-refractivity contribution in [3.05, 3.63) is 119 Å². The number of rotatable bonds is 5. The highest BCUT2D eigenvalue weighted by Crippen LogP contribution is 2.37.